The second kappa shape index (κ2) is 6.64. The number of fused-ring (bicyclic) bond motifs is 2. The van der Waals surface area contributed by atoms with Crippen molar-refractivity contribution in [2.24, 2.45) is 5.41 Å². The third-order valence-electron chi connectivity index (χ3n) is 5.09. The predicted molar refractivity (Wildman–Crippen MR) is 101 cm³/mol. The topological polar surface area (TPSA) is 71.2 Å². The Hall–Kier alpha value is -2.54. The van der Waals surface area contributed by atoms with Crippen LogP contribution in [0.25, 0.3) is 5.65 Å². The first-order valence-corrected chi connectivity index (χ1v) is 9.10. The summed E-state index contributed by atoms with van der Waals surface area (Å²) in [7, 11) is 0. The molecule has 2 aromatic heterocycles. The Morgan fingerprint density at radius 1 is 1.12 bits per heavy atom. The molecule has 26 heavy (non-hydrogen) atoms. The van der Waals surface area contributed by atoms with Gasteiger partial charge in [-0.05, 0) is 45.5 Å². The fourth-order valence-electron chi connectivity index (χ4n) is 3.41. The maximum absolute atomic E-state index is 4.47. The molecule has 7 nitrogen and oxygen atoms in total. The lowest BCUT2D eigenvalue weighted by Crippen LogP contribution is -2.46. The first-order valence-electron chi connectivity index (χ1n) is 9.10. The zero-order valence-electron chi connectivity index (χ0n) is 15.6. The summed E-state index contributed by atoms with van der Waals surface area (Å²) in [6, 6.07) is 12.8. The highest BCUT2D eigenvalue weighted by molar-refractivity contribution is 5.43. The molecular formula is C19H25N7. The van der Waals surface area contributed by atoms with E-state index in [0.717, 1.165) is 31.9 Å². The molecule has 0 fully saturated rings. The second-order valence-electron chi connectivity index (χ2n) is 8.06. The van der Waals surface area contributed by atoms with Crippen LogP contribution in [0.1, 0.15) is 31.9 Å². The van der Waals surface area contributed by atoms with Gasteiger partial charge in [-0.1, -0.05) is 45.0 Å². The van der Waals surface area contributed by atoms with Gasteiger partial charge >= 0.3 is 0 Å². The summed E-state index contributed by atoms with van der Waals surface area (Å²) in [4.78, 5) is 2.53. The summed E-state index contributed by atoms with van der Waals surface area (Å²) in [5, 5.41) is 19.5. The third-order valence-corrected chi connectivity index (χ3v) is 5.09. The molecule has 0 aliphatic carbocycles. The van der Waals surface area contributed by atoms with Gasteiger partial charge in [0.25, 0.3) is 0 Å². The molecule has 3 aromatic rings. The van der Waals surface area contributed by atoms with E-state index in [9.17, 15) is 0 Å². The molecular weight excluding hydrogens is 326 g/mol. The normalized spacial score (nSPS) is 16.4. The van der Waals surface area contributed by atoms with E-state index in [-0.39, 0.29) is 11.5 Å². The molecule has 1 aromatic carbocycles. The van der Waals surface area contributed by atoms with E-state index in [1.54, 1.807) is 0 Å². The molecule has 1 aliphatic heterocycles. The van der Waals surface area contributed by atoms with Gasteiger partial charge < -0.3 is 5.32 Å². The lowest BCUT2D eigenvalue weighted by atomic mass is 9.85. The van der Waals surface area contributed by atoms with Gasteiger partial charge in [0.2, 0.25) is 0 Å². The van der Waals surface area contributed by atoms with Gasteiger partial charge in [-0.25, -0.2) is 0 Å². The number of nitrogens with one attached hydrogen (secondary N) is 1. The number of rotatable bonds is 4. The number of tetrazole rings is 1. The Balaban J connectivity index is 1.50. The molecule has 0 amide bonds. The van der Waals surface area contributed by atoms with Gasteiger partial charge in [-0.2, -0.15) is 0 Å². The molecule has 3 heterocycles. The van der Waals surface area contributed by atoms with E-state index in [1.165, 1.54) is 15.8 Å². The van der Waals surface area contributed by atoms with Crippen LogP contribution in [-0.2, 0) is 13.0 Å². The van der Waals surface area contributed by atoms with Crippen LogP contribution in [-0.4, -0.2) is 49.3 Å². The van der Waals surface area contributed by atoms with Crippen molar-refractivity contribution in [1.29, 1.82) is 0 Å². The van der Waals surface area contributed by atoms with Gasteiger partial charge in [0.15, 0.2) is 5.65 Å². The predicted octanol–water partition coefficient (Wildman–Crippen LogP) is 2.40. The Morgan fingerprint density at radius 3 is 2.73 bits per heavy atom. The van der Waals surface area contributed by atoms with Crippen LogP contribution in [0, 0.1) is 5.41 Å². The number of benzene rings is 1. The van der Waals surface area contributed by atoms with Crippen LogP contribution < -0.4 is 5.32 Å². The van der Waals surface area contributed by atoms with Gasteiger partial charge in [-0.15, -0.1) is 14.8 Å². The maximum Gasteiger partial charge on any atom is 0.200 e. The highest BCUT2D eigenvalue weighted by Gasteiger charge is 2.28. The number of hydrogen-bond donors (Lipinski definition) is 1. The quantitative estimate of drug-likeness (QED) is 0.778. The number of aromatic nitrogens is 5. The molecule has 0 saturated carbocycles. The first-order chi connectivity index (χ1) is 12.5. The molecule has 0 radical (unpaired) electrons. The smallest absolute Gasteiger partial charge is 0.200 e. The second-order valence-corrected chi connectivity index (χ2v) is 8.06. The minimum absolute atomic E-state index is 0.0915. The zero-order chi connectivity index (χ0) is 18.1. The van der Waals surface area contributed by atoms with Crippen LogP contribution in [0.3, 0.4) is 0 Å². The Labute approximate surface area is 153 Å². The lowest BCUT2D eigenvalue weighted by Gasteiger charge is -2.38. The van der Waals surface area contributed by atoms with Crippen molar-refractivity contribution in [3.8, 4) is 0 Å². The van der Waals surface area contributed by atoms with Crippen molar-refractivity contribution in [2.75, 3.05) is 18.4 Å². The average molecular weight is 351 g/mol. The number of nitrogens with zero attached hydrogens (tertiary/aromatic N) is 6. The van der Waals surface area contributed by atoms with Crippen LogP contribution in [0.5, 0.6) is 0 Å². The lowest BCUT2D eigenvalue weighted by molar-refractivity contribution is 0.196. The summed E-state index contributed by atoms with van der Waals surface area (Å²) in [5.41, 5.74) is 3.67. The Bertz CT molecular complexity index is 896. The number of anilines is 1. The van der Waals surface area contributed by atoms with Crippen molar-refractivity contribution in [3.63, 3.8) is 0 Å². The fraction of sp³-hybridized carbons (Fsp3) is 0.474. The van der Waals surface area contributed by atoms with E-state index in [0.29, 0.717) is 5.65 Å². The summed E-state index contributed by atoms with van der Waals surface area (Å²) in [6.45, 7) is 9.84. The van der Waals surface area contributed by atoms with Crippen molar-refractivity contribution < 1.29 is 0 Å². The van der Waals surface area contributed by atoms with Crippen LogP contribution in [0.2, 0.25) is 0 Å². The van der Waals surface area contributed by atoms with Gasteiger partial charge in [-0.3, -0.25) is 4.90 Å². The Kier molecular flexibility index (Phi) is 4.32. The minimum atomic E-state index is 0.0915. The van der Waals surface area contributed by atoms with Crippen LogP contribution in [0.15, 0.2) is 36.4 Å². The van der Waals surface area contributed by atoms with E-state index in [1.807, 2.05) is 12.1 Å². The molecule has 4 rings (SSSR count). The first kappa shape index (κ1) is 16.9. The zero-order valence-corrected chi connectivity index (χ0v) is 15.6. The molecule has 1 atom stereocenters. The average Bonchev–Trinajstić information content (AvgIpc) is 3.08. The highest BCUT2D eigenvalue weighted by Crippen LogP contribution is 2.26. The molecule has 0 saturated heterocycles. The van der Waals surface area contributed by atoms with Crippen LogP contribution in [0.4, 0.5) is 5.82 Å². The van der Waals surface area contributed by atoms with Crippen molar-refractivity contribution in [1.82, 2.24) is 30.2 Å². The molecule has 1 aliphatic rings. The summed E-state index contributed by atoms with van der Waals surface area (Å²) >= 11 is 0. The molecule has 0 spiro atoms. The van der Waals surface area contributed by atoms with Crippen molar-refractivity contribution in [2.45, 2.75) is 39.8 Å². The highest BCUT2D eigenvalue weighted by atomic mass is 15.6. The maximum atomic E-state index is 4.47. The monoisotopic (exact) mass is 351 g/mol. The van der Waals surface area contributed by atoms with Gasteiger partial charge in [0.1, 0.15) is 5.82 Å². The third kappa shape index (κ3) is 3.53. The SMILES string of the molecule is CC(C)(C)C(CN1CCc2ccccc2C1)Nc1ccc2nnnn2n1. The summed E-state index contributed by atoms with van der Waals surface area (Å²) < 4.78 is 1.46. The summed E-state index contributed by atoms with van der Waals surface area (Å²) in [5.74, 6) is 0.794. The fourth-order valence-corrected chi connectivity index (χ4v) is 3.41. The standard InChI is InChI=1S/C19H25N7/c1-19(2,3)16(20-17-8-9-18-21-23-24-26(18)22-17)13-25-11-10-14-6-4-5-7-15(14)12-25/h4-9,16H,10-13H2,1-3H3,(H,20,22). The minimum Gasteiger partial charge on any atom is -0.364 e. The molecule has 7 heteroatoms. The van der Waals surface area contributed by atoms with E-state index in [4.69, 9.17) is 0 Å². The molecule has 0 bridgehead atoms. The van der Waals surface area contributed by atoms with E-state index < -0.39 is 0 Å². The van der Waals surface area contributed by atoms with Crippen molar-refractivity contribution in [3.05, 3.63) is 47.5 Å². The van der Waals surface area contributed by atoms with Gasteiger partial charge in [0.05, 0.1) is 0 Å². The van der Waals surface area contributed by atoms with E-state index in [2.05, 4.69) is 75.9 Å². The molecule has 1 unspecified atom stereocenters. The van der Waals surface area contributed by atoms with Crippen molar-refractivity contribution >= 4 is 11.5 Å². The molecule has 1 N–H and O–H groups in total. The van der Waals surface area contributed by atoms with Crippen LogP contribution >= 0.6 is 0 Å². The Morgan fingerprint density at radius 2 is 1.92 bits per heavy atom. The van der Waals surface area contributed by atoms with E-state index >= 15 is 0 Å². The largest absolute Gasteiger partial charge is 0.364 e. The number of hydrogen-bond acceptors (Lipinski definition) is 6. The molecule has 136 valence electrons. The summed E-state index contributed by atoms with van der Waals surface area (Å²) in [6.07, 6.45) is 1.11. The van der Waals surface area contributed by atoms with Gasteiger partial charge in [0, 0.05) is 25.7 Å².